The number of hydrogen-bond donors (Lipinski definition) is 0. The molecule has 8 aromatic carbocycles. The molecule has 2 aliphatic rings. The van der Waals surface area contributed by atoms with Gasteiger partial charge in [-0.05, 0) is 109 Å². The van der Waals surface area contributed by atoms with Gasteiger partial charge in [0, 0.05) is 32.5 Å². The molecule has 10 rings (SSSR count). The number of ether oxygens (including phenoxy) is 1. The summed E-state index contributed by atoms with van der Waals surface area (Å²) in [5.41, 5.74) is 14.2. The lowest BCUT2D eigenvalue weighted by Gasteiger charge is -2.41. The fourth-order valence-electron chi connectivity index (χ4n) is 8.47. The maximum absolute atomic E-state index is 7.20. The Morgan fingerprint density at radius 1 is 0.491 bits per heavy atom. The Labute approximate surface area is 332 Å². The van der Waals surface area contributed by atoms with Gasteiger partial charge in [-0.3, -0.25) is 0 Å². The number of benzene rings is 8. The highest BCUT2D eigenvalue weighted by molar-refractivity contribution is 6.99. The van der Waals surface area contributed by atoms with Gasteiger partial charge in [0.1, 0.15) is 11.5 Å². The molecule has 2 nitrogen and oxygen atoms in total. The van der Waals surface area contributed by atoms with E-state index < -0.39 is 0 Å². The molecule has 0 aromatic heterocycles. The summed E-state index contributed by atoms with van der Waals surface area (Å²) >= 11 is 14.0. The van der Waals surface area contributed by atoms with Crippen molar-refractivity contribution < 1.29 is 4.74 Å². The maximum Gasteiger partial charge on any atom is 0.256 e. The second kappa shape index (κ2) is 12.9. The number of nitrogens with zero attached hydrogens (tertiary/aromatic N) is 1. The molecule has 0 unspecified atom stereocenters. The summed E-state index contributed by atoms with van der Waals surface area (Å²) in [7, 11) is 0. The summed E-state index contributed by atoms with van der Waals surface area (Å²) in [5, 5.41) is 3.68. The van der Waals surface area contributed by atoms with Crippen molar-refractivity contribution in [2.45, 2.75) is 26.2 Å². The van der Waals surface area contributed by atoms with Crippen LogP contribution in [0.1, 0.15) is 26.3 Å². The topological polar surface area (TPSA) is 12.5 Å². The SMILES string of the molecule is CC(C)(C)c1ccc(-c2cc3c4c(c2)N(c2cc5ccccc5cc2-c2ccccc2)c2cc(Cl)ccc2B4c2cc(Cl)cc(-c4ccccc4)c2O3)cc1. The minimum absolute atomic E-state index is 0.0409. The predicted octanol–water partition coefficient (Wildman–Crippen LogP) is 12.9. The second-order valence-corrected chi connectivity index (χ2v) is 16.5. The first-order valence-corrected chi connectivity index (χ1v) is 19.5. The minimum Gasteiger partial charge on any atom is -0.458 e. The largest absolute Gasteiger partial charge is 0.458 e. The van der Waals surface area contributed by atoms with Gasteiger partial charge >= 0.3 is 0 Å². The van der Waals surface area contributed by atoms with Crippen LogP contribution in [-0.2, 0) is 5.41 Å². The molecule has 55 heavy (non-hydrogen) atoms. The quantitative estimate of drug-likeness (QED) is 0.166. The number of anilines is 3. The van der Waals surface area contributed by atoms with Crippen LogP contribution >= 0.6 is 23.2 Å². The molecule has 2 aliphatic heterocycles. The van der Waals surface area contributed by atoms with E-state index in [2.05, 4.69) is 171 Å². The van der Waals surface area contributed by atoms with Crippen LogP contribution < -0.4 is 26.0 Å². The van der Waals surface area contributed by atoms with E-state index in [1.54, 1.807) is 0 Å². The van der Waals surface area contributed by atoms with Gasteiger partial charge in [0.05, 0.1) is 5.69 Å². The summed E-state index contributed by atoms with van der Waals surface area (Å²) < 4.78 is 7.20. The number of hydrogen-bond acceptors (Lipinski definition) is 2. The van der Waals surface area contributed by atoms with Crippen molar-refractivity contribution in [3.05, 3.63) is 179 Å². The van der Waals surface area contributed by atoms with Crippen molar-refractivity contribution >= 4 is 74.1 Å². The van der Waals surface area contributed by atoms with Crippen LogP contribution in [0, 0.1) is 0 Å². The van der Waals surface area contributed by atoms with Crippen molar-refractivity contribution in [3.8, 4) is 44.9 Å². The van der Waals surface area contributed by atoms with E-state index in [0.717, 1.165) is 83.7 Å². The van der Waals surface area contributed by atoms with E-state index in [9.17, 15) is 0 Å². The van der Waals surface area contributed by atoms with Crippen LogP contribution in [0.15, 0.2) is 164 Å². The first-order chi connectivity index (χ1) is 26.7. The third kappa shape index (κ3) is 5.73. The average molecular weight is 749 g/mol. The van der Waals surface area contributed by atoms with Gasteiger partial charge in [-0.2, -0.15) is 0 Å². The lowest BCUT2D eigenvalue weighted by Crippen LogP contribution is -2.59. The molecule has 2 heterocycles. The van der Waals surface area contributed by atoms with E-state index in [0.29, 0.717) is 10.0 Å². The molecule has 0 fully saturated rings. The Hall–Kier alpha value is -5.74. The monoisotopic (exact) mass is 747 g/mol. The zero-order chi connectivity index (χ0) is 37.4. The minimum atomic E-state index is -0.156. The Kier molecular flexibility index (Phi) is 7.96. The maximum atomic E-state index is 7.20. The predicted molar refractivity (Wildman–Crippen MR) is 235 cm³/mol. The Bertz CT molecular complexity index is 2790. The number of halogens is 2. The van der Waals surface area contributed by atoms with Crippen LogP contribution in [0.4, 0.5) is 17.1 Å². The van der Waals surface area contributed by atoms with E-state index >= 15 is 0 Å². The highest BCUT2D eigenvalue weighted by atomic mass is 35.5. The van der Waals surface area contributed by atoms with Gasteiger partial charge in [-0.25, -0.2) is 0 Å². The zero-order valence-electron chi connectivity index (χ0n) is 30.8. The number of rotatable bonds is 4. The molecule has 0 bridgehead atoms. The van der Waals surface area contributed by atoms with E-state index in [4.69, 9.17) is 27.9 Å². The molecule has 0 amide bonds. The molecule has 0 spiro atoms. The van der Waals surface area contributed by atoms with Gasteiger partial charge in [-0.15, -0.1) is 0 Å². The van der Waals surface area contributed by atoms with E-state index in [1.165, 1.54) is 10.9 Å². The lowest BCUT2D eigenvalue weighted by molar-refractivity contribution is 0.489. The second-order valence-electron chi connectivity index (χ2n) is 15.6. The molecule has 0 saturated carbocycles. The van der Waals surface area contributed by atoms with Crippen LogP contribution in [0.3, 0.4) is 0 Å². The Morgan fingerprint density at radius 3 is 1.84 bits per heavy atom. The van der Waals surface area contributed by atoms with Crippen molar-refractivity contribution in [1.82, 2.24) is 0 Å². The fourth-order valence-corrected chi connectivity index (χ4v) is 8.86. The third-order valence-electron chi connectivity index (χ3n) is 11.2. The van der Waals surface area contributed by atoms with Crippen molar-refractivity contribution in [2.24, 2.45) is 0 Å². The van der Waals surface area contributed by atoms with Crippen LogP contribution in [0.5, 0.6) is 11.5 Å². The molecule has 0 N–H and O–H groups in total. The fraction of sp³-hybridized carbons (Fsp3) is 0.0800. The highest BCUT2D eigenvalue weighted by Gasteiger charge is 2.43. The smallest absolute Gasteiger partial charge is 0.256 e. The van der Waals surface area contributed by atoms with Crippen LogP contribution in [-0.4, -0.2) is 6.71 Å². The zero-order valence-corrected chi connectivity index (χ0v) is 32.3. The normalized spacial score (nSPS) is 12.9. The van der Waals surface area contributed by atoms with E-state index in [-0.39, 0.29) is 12.1 Å². The molecule has 5 heteroatoms. The van der Waals surface area contributed by atoms with Gasteiger partial charge in [0.25, 0.3) is 6.71 Å². The molecule has 0 aliphatic carbocycles. The van der Waals surface area contributed by atoms with Gasteiger partial charge < -0.3 is 9.64 Å². The standard InChI is InChI=1S/C50H36BCl2NO/c1-50(2,3)37-20-18-31(19-21-37)36-26-46-48-47(27-36)55-49-41(33-14-8-5-9-15-33)28-39(53)29-43(49)51(48)42-23-22-38(52)30-45(42)54(46)44-25-35-17-11-10-16-34(35)24-40(44)32-12-6-4-7-13-32/h4-30H,1-3H3. The van der Waals surface area contributed by atoms with Gasteiger partial charge in [0.2, 0.25) is 0 Å². The van der Waals surface area contributed by atoms with Gasteiger partial charge in [-0.1, -0.05) is 159 Å². The van der Waals surface area contributed by atoms with Crippen LogP contribution in [0.25, 0.3) is 44.2 Å². The van der Waals surface area contributed by atoms with E-state index in [1.807, 2.05) is 18.2 Å². The molecule has 0 radical (unpaired) electrons. The van der Waals surface area contributed by atoms with Crippen molar-refractivity contribution in [1.29, 1.82) is 0 Å². The summed E-state index contributed by atoms with van der Waals surface area (Å²) in [6.45, 7) is 6.60. The summed E-state index contributed by atoms with van der Waals surface area (Å²) in [5.74, 6) is 1.65. The molecular formula is C50H36BCl2NO. The molecule has 8 aromatic rings. The Balaban J connectivity index is 1.30. The first kappa shape index (κ1) is 33.8. The van der Waals surface area contributed by atoms with Crippen LogP contribution in [0.2, 0.25) is 10.0 Å². The summed E-state index contributed by atoms with van der Waals surface area (Å²) in [4.78, 5) is 2.41. The molecular weight excluding hydrogens is 712 g/mol. The lowest BCUT2D eigenvalue weighted by atomic mass is 9.34. The van der Waals surface area contributed by atoms with Crippen molar-refractivity contribution in [3.63, 3.8) is 0 Å². The third-order valence-corrected chi connectivity index (χ3v) is 11.6. The molecule has 264 valence electrons. The average Bonchev–Trinajstić information content (AvgIpc) is 3.20. The number of fused-ring (bicyclic) bond motifs is 5. The highest BCUT2D eigenvalue weighted by Crippen LogP contribution is 2.48. The summed E-state index contributed by atoms with van der Waals surface area (Å²) in [6.07, 6.45) is 0. The van der Waals surface area contributed by atoms with Crippen molar-refractivity contribution in [2.75, 3.05) is 4.90 Å². The molecule has 0 saturated heterocycles. The Morgan fingerprint density at radius 2 is 1.15 bits per heavy atom. The van der Waals surface area contributed by atoms with Gasteiger partial charge in [0.15, 0.2) is 0 Å². The summed E-state index contributed by atoms with van der Waals surface area (Å²) in [6, 6.07) is 58.2. The molecule has 0 atom stereocenters. The first-order valence-electron chi connectivity index (χ1n) is 18.7.